The lowest BCUT2D eigenvalue weighted by atomic mass is 9.97. The van der Waals surface area contributed by atoms with Gasteiger partial charge in [-0.05, 0) is 56.0 Å². The molecule has 1 amide bonds. The van der Waals surface area contributed by atoms with E-state index in [9.17, 15) is 4.79 Å². The summed E-state index contributed by atoms with van der Waals surface area (Å²) in [7, 11) is 3.59. The molecule has 3 rings (SSSR count). The third-order valence-electron chi connectivity index (χ3n) is 4.72. The Morgan fingerprint density at radius 3 is 2.38 bits per heavy atom. The van der Waals surface area contributed by atoms with Crippen molar-refractivity contribution in [2.45, 2.75) is 34.1 Å². The predicted octanol–water partition coefficient (Wildman–Crippen LogP) is 4.15. The molecule has 0 aliphatic rings. The van der Waals surface area contributed by atoms with Crippen molar-refractivity contribution in [2.75, 3.05) is 7.11 Å². The number of carbonyl (C=O) groups is 1. The smallest absolute Gasteiger partial charge is 0.252 e. The van der Waals surface area contributed by atoms with E-state index in [0.717, 1.165) is 38.2 Å². The van der Waals surface area contributed by atoms with Crippen molar-refractivity contribution in [3.05, 3.63) is 56.9 Å². The molecule has 1 aromatic heterocycles. The van der Waals surface area contributed by atoms with Gasteiger partial charge in [-0.25, -0.2) is 0 Å². The normalized spacial score (nSPS) is 12.0. The van der Waals surface area contributed by atoms with Crippen LogP contribution in [0.4, 0.5) is 0 Å². The molecule has 0 fully saturated rings. The molecule has 1 heterocycles. The number of fused-ring (bicyclic) bond motifs is 1. The Bertz CT molecular complexity index is 1050. The standard InChI is InChI=1S/C21H24N2O2S/c1-12-9-14(3)16(15(4)10-12)11-18(24)22-21-23(5)19-17(25-6)8-7-13(2)20(19)26-21/h7-10H,11H2,1-6H3. The maximum atomic E-state index is 12.6. The number of methoxy groups -OCH3 is 1. The highest BCUT2D eigenvalue weighted by molar-refractivity contribution is 7.16. The van der Waals surface area contributed by atoms with E-state index in [1.165, 1.54) is 16.9 Å². The lowest BCUT2D eigenvalue weighted by molar-refractivity contribution is -0.117. The number of amides is 1. The summed E-state index contributed by atoms with van der Waals surface area (Å²) in [5, 5.41) is 0. The second kappa shape index (κ2) is 7.08. The van der Waals surface area contributed by atoms with Crippen molar-refractivity contribution in [3.8, 4) is 5.75 Å². The molecule has 0 bridgehead atoms. The summed E-state index contributed by atoms with van der Waals surface area (Å²) in [6.07, 6.45) is 0.322. The minimum atomic E-state index is -0.126. The molecule has 2 aromatic carbocycles. The van der Waals surface area contributed by atoms with Crippen LogP contribution in [0.5, 0.6) is 5.75 Å². The van der Waals surface area contributed by atoms with Crippen LogP contribution in [-0.4, -0.2) is 17.6 Å². The van der Waals surface area contributed by atoms with E-state index in [2.05, 4.69) is 44.8 Å². The van der Waals surface area contributed by atoms with E-state index >= 15 is 0 Å². The van der Waals surface area contributed by atoms with E-state index < -0.39 is 0 Å². The Labute approximate surface area is 157 Å². The fraction of sp³-hybridized carbons (Fsp3) is 0.333. The first-order valence-electron chi connectivity index (χ1n) is 8.59. The zero-order valence-electron chi connectivity index (χ0n) is 16.1. The second-order valence-electron chi connectivity index (χ2n) is 6.77. The molecular formula is C21H24N2O2S. The van der Waals surface area contributed by atoms with Crippen molar-refractivity contribution in [2.24, 2.45) is 12.0 Å². The Hall–Kier alpha value is -2.40. The number of carbonyl (C=O) groups excluding carboxylic acids is 1. The van der Waals surface area contributed by atoms with Crippen LogP contribution in [0.2, 0.25) is 0 Å². The van der Waals surface area contributed by atoms with Gasteiger partial charge in [0.05, 0.1) is 18.2 Å². The van der Waals surface area contributed by atoms with Crippen molar-refractivity contribution in [1.82, 2.24) is 4.57 Å². The van der Waals surface area contributed by atoms with Crippen molar-refractivity contribution in [1.29, 1.82) is 0 Å². The lowest BCUT2D eigenvalue weighted by Gasteiger charge is -2.09. The number of thiazole rings is 1. The largest absolute Gasteiger partial charge is 0.495 e. The van der Waals surface area contributed by atoms with Crippen LogP contribution in [0, 0.1) is 27.7 Å². The molecule has 0 saturated carbocycles. The molecule has 4 nitrogen and oxygen atoms in total. The van der Waals surface area contributed by atoms with Crippen LogP contribution < -0.4 is 9.54 Å². The molecule has 0 unspecified atom stereocenters. The van der Waals surface area contributed by atoms with Crippen LogP contribution in [0.1, 0.15) is 27.8 Å². The highest BCUT2D eigenvalue weighted by Gasteiger charge is 2.13. The minimum absolute atomic E-state index is 0.126. The first-order chi connectivity index (χ1) is 12.3. The van der Waals surface area contributed by atoms with Crippen molar-refractivity contribution in [3.63, 3.8) is 0 Å². The average molecular weight is 369 g/mol. The Morgan fingerprint density at radius 1 is 1.12 bits per heavy atom. The molecule has 0 N–H and O–H groups in total. The highest BCUT2D eigenvalue weighted by Crippen LogP contribution is 2.29. The van der Waals surface area contributed by atoms with Gasteiger partial charge in [0.15, 0.2) is 4.80 Å². The van der Waals surface area contributed by atoms with E-state index in [0.29, 0.717) is 11.2 Å². The van der Waals surface area contributed by atoms with E-state index in [1.807, 2.05) is 23.7 Å². The van der Waals surface area contributed by atoms with Crippen molar-refractivity contribution >= 4 is 27.5 Å². The number of hydrogen-bond donors (Lipinski definition) is 0. The van der Waals surface area contributed by atoms with Gasteiger partial charge in [0.25, 0.3) is 5.91 Å². The van der Waals surface area contributed by atoms with Gasteiger partial charge >= 0.3 is 0 Å². The van der Waals surface area contributed by atoms with Crippen molar-refractivity contribution < 1.29 is 9.53 Å². The van der Waals surface area contributed by atoms with Crippen LogP contribution in [0.3, 0.4) is 0 Å². The summed E-state index contributed by atoms with van der Waals surface area (Å²) in [5.41, 5.74) is 6.70. The molecule has 0 aliphatic heterocycles. The molecule has 0 atom stereocenters. The van der Waals surface area contributed by atoms with E-state index in [1.54, 1.807) is 7.11 Å². The molecule has 3 aromatic rings. The molecule has 0 radical (unpaired) electrons. The Balaban J connectivity index is 2.04. The summed E-state index contributed by atoms with van der Waals surface area (Å²) in [5.74, 6) is 0.669. The Kier molecular flexibility index (Phi) is 5.01. The maximum Gasteiger partial charge on any atom is 0.252 e. The number of nitrogens with zero attached hydrogens (tertiary/aromatic N) is 2. The summed E-state index contributed by atoms with van der Waals surface area (Å²) in [6, 6.07) is 8.21. The molecule has 0 aliphatic carbocycles. The zero-order valence-corrected chi connectivity index (χ0v) is 17.0. The predicted molar refractivity (Wildman–Crippen MR) is 107 cm³/mol. The number of rotatable bonds is 3. The lowest BCUT2D eigenvalue weighted by Crippen LogP contribution is -2.15. The van der Waals surface area contributed by atoms with Gasteiger partial charge < -0.3 is 9.30 Å². The fourth-order valence-corrected chi connectivity index (χ4v) is 4.53. The van der Waals surface area contributed by atoms with Gasteiger partial charge in [0, 0.05) is 7.05 Å². The summed E-state index contributed by atoms with van der Waals surface area (Å²) >= 11 is 1.53. The quantitative estimate of drug-likeness (QED) is 0.697. The summed E-state index contributed by atoms with van der Waals surface area (Å²) < 4.78 is 8.52. The summed E-state index contributed by atoms with van der Waals surface area (Å²) in [4.78, 5) is 17.7. The van der Waals surface area contributed by atoms with Crippen LogP contribution in [-0.2, 0) is 18.3 Å². The molecule has 26 heavy (non-hydrogen) atoms. The summed E-state index contributed by atoms with van der Waals surface area (Å²) in [6.45, 7) is 8.23. The van der Waals surface area contributed by atoms with Gasteiger partial charge in [-0.1, -0.05) is 35.1 Å². The van der Waals surface area contributed by atoms with Crippen LogP contribution in [0.15, 0.2) is 29.3 Å². The molecule has 0 spiro atoms. The van der Waals surface area contributed by atoms with Gasteiger partial charge in [0.2, 0.25) is 0 Å². The number of hydrogen-bond acceptors (Lipinski definition) is 3. The number of aromatic nitrogens is 1. The first-order valence-corrected chi connectivity index (χ1v) is 9.41. The first kappa shape index (κ1) is 18.4. The molecular weight excluding hydrogens is 344 g/mol. The van der Waals surface area contributed by atoms with Crippen LogP contribution >= 0.6 is 11.3 Å². The minimum Gasteiger partial charge on any atom is -0.495 e. The maximum absolute atomic E-state index is 12.6. The Morgan fingerprint density at radius 2 is 1.77 bits per heavy atom. The van der Waals surface area contributed by atoms with E-state index in [4.69, 9.17) is 4.74 Å². The highest BCUT2D eigenvalue weighted by atomic mass is 32.1. The molecule has 136 valence electrons. The number of benzene rings is 2. The topological polar surface area (TPSA) is 43.6 Å². The van der Waals surface area contributed by atoms with Gasteiger partial charge in [-0.2, -0.15) is 4.99 Å². The number of ether oxygens (including phenoxy) is 1. The third kappa shape index (κ3) is 3.31. The zero-order chi connectivity index (χ0) is 19.0. The van der Waals surface area contributed by atoms with Gasteiger partial charge in [-0.15, -0.1) is 0 Å². The number of aryl methyl sites for hydroxylation is 5. The average Bonchev–Trinajstić information content (AvgIpc) is 2.89. The monoisotopic (exact) mass is 368 g/mol. The molecule has 5 heteroatoms. The SMILES string of the molecule is COc1ccc(C)c2sc(=NC(=O)Cc3c(C)cc(C)cc3C)n(C)c12. The second-order valence-corrected chi connectivity index (χ2v) is 7.74. The van der Waals surface area contributed by atoms with Gasteiger partial charge in [0.1, 0.15) is 11.3 Å². The fourth-order valence-electron chi connectivity index (χ4n) is 3.40. The van der Waals surface area contributed by atoms with Crippen LogP contribution in [0.25, 0.3) is 10.2 Å². The van der Waals surface area contributed by atoms with E-state index in [-0.39, 0.29) is 5.91 Å². The van der Waals surface area contributed by atoms with Gasteiger partial charge in [-0.3, -0.25) is 4.79 Å². The third-order valence-corrected chi connectivity index (χ3v) is 5.98. The molecule has 0 saturated heterocycles.